The van der Waals surface area contributed by atoms with E-state index in [2.05, 4.69) is 19.2 Å². The molecule has 104 valence electrons. The van der Waals surface area contributed by atoms with E-state index in [1.54, 1.807) is 0 Å². The number of unbranched alkanes of at least 4 members (excludes halogenated alkanes) is 1. The molecule has 17 heavy (non-hydrogen) atoms. The van der Waals surface area contributed by atoms with Crippen LogP contribution in [0.25, 0.3) is 0 Å². The maximum atomic E-state index is 11.9. The first-order valence-corrected chi connectivity index (χ1v) is 8.41. The SMILES string of the molecule is CC(C)CNCCCCS(=O)(=O)C(C)C(C)C. The van der Waals surface area contributed by atoms with Gasteiger partial charge < -0.3 is 5.32 Å². The molecule has 0 spiro atoms. The molecule has 0 amide bonds. The van der Waals surface area contributed by atoms with Gasteiger partial charge in [0.2, 0.25) is 0 Å². The quantitative estimate of drug-likeness (QED) is 0.650. The summed E-state index contributed by atoms with van der Waals surface area (Å²) in [7, 11) is -2.89. The van der Waals surface area contributed by atoms with E-state index in [1.807, 2.05) is 20.8 Å². The van der Waals surface area contributed by atoms with Crippen LogP contribution in [0.2, 0.25) is 0 Å². The summed E-state index contributed by atoms with van der Waals surface area (Å²) >= 11 is 0. The van der Waals surface area contributed by atoms with Crippen molar-refractivity contribution in [3.05, 3.63) is 0 Å². The lowest BCUT2D eigenvalue weighted by atomic mass is 10.2. The standard InChI is InChI=1S/C13H29NO2S/c1-11(2)10-14-8-6-7-9-17(15,16)13(5)12(3)4/h11-14H,6-10H2,1-5H3. The molecule has 0 aromatic rings. The average molecular weight is 263 g/mol. The van der Waals surface area contributed by atoms with Crippen LogP contribution in [0.3, 0.4) is 0 Å². The third-order valence-electron chi connectivity index (χ3n) is 3.09. The second kappa shape index (κ2) is 8.09. The summed E-state index contributed by atoms with van der Waals surface area (Å²) in [6.07, 6.45) is 1.71. The van der Waals surface area contributed by atoms with Crippen LogP contribution < -0.4 is 5.32 Å². The Morgan fingerprint density at radius 2 is 1.59 bits per heavy atom. The van der Waals surface area contributed by atoms with Gasteiger partial charge in [0.05, 0.1) is 11.0 Å². The predicted octanol–water partition coefficient (Wildman–Crippen LogP) is 2.47. The fourth-order valence-electron chi connectivity index (χ4n) is 1.54. The van der Waals surface area contributed by atoms with Gasteiger partial charge in [-0.1, -0.05) is 27.7 Å². The first-order chi connectivity index (χ1) is 7.77. The van der Waals surface area contributed by atoms with E-state index in [-0.39, 0.29) is 11.2 Å². The zero-order valence-electron chi connectivity index (χ0n) is 12.0. The van der Waals surface area contributed by atoms with E-state index in [1.165, 1.54) is 0 Å². The van der Waals surface area contributed by atoms with E-state index in [0.717, 1.165) is 25.9 Å². The number of hydrogen-bond acceptors (Lipinski definition) is 3. The summed E-state index contributed by atoms with van der Waals surface area (Å²) in [5.41, 5.74) is 0. The predicted molar refractivity (Wildman–Crippen MR) is 75.0 cm³/mol. The fourth-order valence-corrected chi connectivity index (χ4v) is 3.35. The highest BCUT2D eigenvalue weighted by Gasteiger charge is 2.22. The third kappa shape index (κ3) is 7.77. The van der Waals surface area contributed by atoms with Gasteiger partial charge in [0.15, 0.2) is 9.84 Å². The molecule has 0 aromatic carbocycles. The van der Waals surface area contributed by atoms with Crippen molar-refractivity contribution in [2.24, 2.45) is 11.8 Å². The molecule has 0 aliphatic rings. The Kier molecular flexibility index (Phi) is 8.05. The first kappa shape index (κ1) is 16.9. The minimum absolute atomic E-state index is 0.207. The smallest absolute Gasteiger partial charge is 0.153 e. The minimum atomic E-state index is -2.89. The third-order valence-corrected chi connectivity index (χ3v) is 5.63. The van der Waals surface area contributed by atoms with Gasteiger partial charge in [-0.15, -0.1) is 0 Å². The molecule has 0 saturated heterocycles. The first-order valence-electron chi connectivity index (χ1n) is 6.69. The number of rotatable bonds is 9. The van der Waals surface area contributed by atoms with Crippen molar-refractivity contribution < 1.29 is 8.42 Å². The zero-order valence-corrected chi connectivity index (χ0v) is 12.8. The topological polar surface area (TPSA) is 46.2 Å². The molecular formula is C13H29NO2S. The van der Waals surface area contributed by atoms with Crippen LogP contribution in [-0.2, 0) is 9.84 Å². The molecule has 0 aliphatic carbocycles. The van der Waals surface area contributed by atoms with Crippen LogP contribution in [0.5, 0.6) is 0 Å². The van der Waals surface area contributed by atoms with Crippen LogP contribution in [-0.4, -0.2) is 32.5 Å². The molecule has 1 atom stereocenters. The highest BCUT2D eigenvalue weighted by molar-refractivity contribution is 7.92. The van der Waals surface area contributed by atoms with Crippen molar-refractivity contribution in [2.45, 2.75) is 52.7 Å². The maximum Gasteiger partial charge on any atom is 0.153 e. The van der Waals surface area contributed by atoms with Crippen molar-refractivity contribution in [1.29, 1.82) is 0 Å². The van der Waals surface area contributed by atoms with Gasteiger partial charge in [-0.2, -0.15) is 0 Å². The molecule has 0 saturated carbocycles. The molecule has 1 N–H and O–H groups in total. The molecule has 0 bridgehead atoms. The van der Waals surface area contributed by atoms with E-state index in [4.69, 9.17) is 0 Å². The summed E-state index contributed by atoms with van der Waals surface area (Å²) in [5, 5.41) is 3.11. The molecule has 1 unspecified atom stereocenters. The van der Waals surface area contributed by atoms with Gasteiger partial charge in [-0.3, -0.25) is 0 Å². The number of hydrogen-bond donors (Lipinski definition) is 1. The Labute approximate surface area is 107 Å². The summed E-state index contributed by atoms with van der Waals surface area (Å²) in [5.74, 6) is 1.19. The Bertz CT molecular complexity index is 284. The van der Waals surface area contributed by atoms with E-state index in [9.17, 15) is 8.42 Å². The lowest BCUT2D eigenvalue weighted by molar-refractivity contribution is 0.529. The second-order valence-corrected chi connectivity index (χ2v) is 8.10. The molecule has 0 aliphatic heterocycles. The Morgan fingerprint density at radius 3 is 2.06 bits per heavy atom. The number of sulfone groups is 1. The van der Waals surface area contributed by atoms with Crippen molar-refractivity contribution in [2.75, 3.05) is 18.8 Å². The second-order valence-electron chi connectivity index (χ2n) is 5.62. The lowest BCUT2D eigenvalue weighted by Gasteiger charge is -2.16. The average Bonchev–Trinajstić information content (AvgIpc) is 2.21. The van der Waals surface area contributed by atoms with Crippen molar-refractivity contribution in [3.8, 4) is 0 Å². The van der Waals surface area contributed by atoms with E-state index < -0.39 is 9.84 Å². The molecule has 0 fully saturated rings. The van der Waals surface area contributed by atoms with Gasteiger partial charge in [0.25, 0.3) is 0 Å². The molecule has 0 aromatic heterocycles. The van der Waals surface area contributed by atoms with Crippen molar-refractivity contribution in [3.63, 3.8) is 0 Å². The number of nitrogens with one attached hydrogen (secondary N) is 1. The highest BCUT2D eigenvalue weighted by Crippen LogP contribution is 2.13. The van der Waals surface area contributed by atoms with Crippen molar-refractivity contribution >= 4 is 9.84 Å². The Morgan fingerprint density at radius 1 is 1.00 bits per heavy atom. The van der Waals surface area contributed by atoms with E-state index in [0.29, 0.717) is 11.7 Å². The maximum absolute atomic E-state index is 11.9. The largest absolute Gasteiger partial charge is 0.316 e. The van der Waals surface area contributed by atoms with Crippen LogP contribution in [0.15, 0.2) is 0 Å². The molecule has 4 heteroatoms. The summed E-state index contributed by atoms with van der Waals surface area (Å²) in [6.45, 7) is 12.0. The normalized spacial score (nSPS) is 14.5. The minimum Gasteiger partial charge on any atom is -0.316 e. The molecule has 3 nitrogen and oxygen atoms in total. The monoisotopic (exact) mass is 263 g/mol. The van der Waals surface area contributed by atoms with Gasteiger partial charge in [0, 0.05) is 0 Å². The zero-order chi connectivity index (χ0) is 13.5. The van der Waals surface area contributed by atoms with Crippen LogP contribution in [0, 0.1) is 11.8 Å². The Hall–Kier alpha value is -0.0900. The molecule has 0 rings (SSSR count). The van der Waals surface area contributed by atoms with Gasteiger partial charge in [-0.25, -0.2) is 8.42 Å². The lowest BCUT2D eigenvalue weighted by Crippen LogP contribution is -2.27. The van der Waals surface area contributed by atoms with Crippen LogP contribution >= 0.6 is 0 Å². The van der Waals surface area contributed by atoms with Gasteiger partial charge in [-0.05, 0) is 44.7 Å². The Balaban J connectivity index is 3.74. The summed E-state index contributed by atoms with van der Waals surface area (Å²) in [4.78, 5) is 0. The van der Waals surface area contributed by atoms with Crippen LogP contribution in [0.4, 0.5) is 0 Å². The van der Waals surface area contributed by atoms with Crippen LogP contribution in [0.1, 0.15) is 47.5 Å². The summed E-state index contributed by atoms with van der Waals surface area (Å²) < 4.78 is 23.8. The van der Waals surface area contributed by atoms with Gasteiger partial charge in [0.1, 0.15) is 0 Å². The van der Waals surface area contributed by atoms with E-state index >= 15 is 0 Å². The molecule has 0 heterocycles. The fraction of sp³-hybridized carbons (Fsp3) is 1.00. The van der Waals surface area contributed by atoms with Gasteiger partial charge >= 0.3 is 0 Å². The van der Waals surface area contributed by atoms with Crippen molar-refractivity contribution in [1.82, 2.24) is 5.32 Å². The highest BCUT2D eigenvalue weighted by atomic mass is 32.2. The summed E-state index contributed by atoms with van der Waals surface area (Å²) in [6, 6.07) is 0. The molecule has 0 radical (unpaired) electrons. The molecular weight excluding hydrogens is 234 g/mol.